The van der Waals surface area contributed by atoms with Gasteiger partial charge in [-0.25, -0.2) is 9.78 Å². The third-order valence-corrected chi connectivity index (χ3v) is 6.22. The van der Waals surface area contributed by atoms with Crippen LogP contribution in [0.1, 0.15) is 126 Å². The van der Waals surface area contributed by atoms with Crippen LogP contribution in [-0.4, -0.2) is 23.0 Å². The first-order chi connectivity index (χ1) is 15.2. The van der Waals surface area contributed by atoms with E-state index in [1.165, 1.54) is 110 Å². The standard InChI is InChI=1S/C27H44N2O2/c1-3-4-5-6-7-8-9-10-11-12-13-14-15-16-17-18-19-26-28-24-21-20-23(27(30)31-2)22-25(24)29-26/h20-22H,3-19H2,1-2H3,(H,28,29). The summed E-state index contributed by atoms with van der Waals surface area (Å²) >= 11 is 0. The molecule has 1 aromatic heterocycles. The fraction of sp³-hybridized carbons (Fsp3) is 0.704. The summed E-state index contributed by atoms with van der Waals surface area (Å²) in [5, 5.41) is 0. The van der Waals surface area contributed by atoms with Gasteiger partial charge in [-0.1, -0.05) is 103 Å². The minimum atomic E-state index is -0.309. The average molecular weight is 429 g/mol. The van der Waals surface area contributed by atoms with E-state index in [1.54, 1.807) is 6.07 Å². The lowest BCUT2D eigenvalue weighted by Crippen LogP contribution is -2.00. The Morgan fingerprint density at radius 1 is 0.806 bits per heavy atom. The number of benzene rings is 1. The largest absolute Gasteiger partial charge is 0.465 e. The monoisotopic (exact) mass is 428 g/mol. The number of fused-ring (bicyclic) bond motifs is 1. The second-order valence-corrected chi connectivity index (χ2v) is 8.96. The minimum absolute atomic E-state index is 0.309. The second-order valence-electron chi connectivity index (χ2n) is 8.96. The number of carbonyl (C=O) groups excluding carboxylic acids is 1. The van der Waals surface area contributed by atoms with Crippen LogP contribution in [0, 0.1) is 0 Å². The fourth-order valence-corrected chi connectivity index (χ4v) is 4.27. The lowest BCUT2D eigenvalue weighted by Gasteiger charge is -2.03. The molecule has 0 saturated carbocycles. The van der Waals surface area contributed by atoms with Crippen LogP contribution in [0.25, 0.3) is 11.0 Å². The first-order valence-corrected chi connectivity index (χ1v) is 12.8. The maximum Gasteiger partial charge on any atom is 0.337 e. The van der Waals surface area contributed by atoms with E-state index in [0.29, 0.717) is 5.56 Å². The first-order valence-electron chi connectivity index (χ1n) is 12.8. The summed E-state index contributed by atoms with van der Waals surface area (Å²) < 4.78 is 4.78. The number of imidazole rings is 1. The number of nitrogens with zero attached hydrogens (tertiary/aromatic N) is 1. The Morgan fingerprint density at radius 3 is 1.84 bits per heavy atom. The lowest BCUT2D eigenvalue weighted by molar-refractivity contribution is 0.0601. The first kappa shape index (κ1) is 25.4. The molecule has 2 aromatic rings. The number of unbranched alkanes of at least 4 members (excludes halogenated alkanes) is 15. The number of rotatable bonds is 18. The number of aromatic amines is 1. The normalized spacial score (nSPS) is 11.3. The van der Waals surface area contributed by atoms with Gasteiger partial charge < -0.3 is 9.72 Å². The molecule has 0 aliphatic rings. The molecule has 0 fully saturated rings. The number of H-pyrrole nitrogens is 1. The molecule has 0 amide bonds. The molecule has 0 atom stereocenters. The van der Waals surface area contributed by atoms with Gasteiger partial charge in [-0.15, -0.1) is 0 Å². The maximum atomic E-state index is 11.6. The van der Waals surface area contributed by atoms with Gasteiger partial charge in [0, 0.05) is 6.42 Å². The van der Waals surface area contributed by atoms with Crippen molar-refractivity contribution in [3.05, 3.63) is 29.6 Å². The number of ether oxygens (including phenoxy) is 1. The van der Waals surface area contributed by atoms with Gasteiger partial charge in [-0.05, 0) is 24.6 Å². The maximum absolute atomic E-state index is 11.6. The summed E-state index contributed by atoms with van der Waals surface area (Å²) in [7, 11) is 1.40. The molecule has 0 spiro atoms. The number of aryl methyl sites for hydroxylation is 1. The van der Waals surface area contributed by atoms with Crippen LogP contribution < -0.4 is 0 Å². The summed E-state index contributed by atoms with van der Waals surface area (Å²) in [6.45, 7) is 2.28. The van der Waals surface area contributed by atoms with Crippen LogP contribution in [0.5, 0.6) is 0 Å². The molecule has 31 heavy (non-hydrogen) atoms. The van der Waals surface area contributed by atoms with Crippen LogP contribution in [0.15, 0.2) is 18.2 Å². The van der Waals surface area contributed by atoms with E-state index in [0.717, 1.165) is 23.3 Å². The zero-order chi connectivity index (χ0) is 22.2. The van der Waals surface area contributed by atoms with Crippen molar-refractivity contribution >= 4 is 17.0 Å². The van der Waals surface area contributed by atoms with Crippen LogP contribution in [0.2, 0.25) is 0 Å². The van der Waals surface area contributed by atoms with Crippen molar-refractivity contribution in [2.45, 2.75) is 116 Å². The third kappa shape index (κ3) is 10.3. The Morgan fingerprint density at radius 2 is 1.32 bits per heavy atom. The van der Waals surface area contributed by atoms with Crippen LogP contribution in [0.4, 0.5) is 0 Å². The zero-order valence-corrected chi connectivity index (χ0v) is 20.0. The molecular formula is C27H44N2O2. The fourth-order valence-electron chi connectivity index (χ4n) is 4.27. The van der Waals surface area contributed by atoms with Crippen molar-refractivity contribution in [1.29, 1.82) is 0 Å². The molecule has 0 saturated heterocycles. The Kier molecular flexibility index (Phi) is 13.0. The topological polar surface area (TPSA) is 55.0 Å². The summed E-state index contributed by atoms with van der Waals surface area (Å²) in [4.78, 5) is 19.6. The minimum Gasteiger partial charge on any atom is -0.465 e. The Balaban J connectivity index is 1.43. The van der Waals surface area contributed by atoms with E-state index in [1.807, 2.05) is 12.1 Å². The zero-order valence-electron chi connectivity index (χ0n) is 20.0. The highest BCUT2D eigenvalue weighted by molar-refractivity contribution is 5.93. The van der Waals surface area contributed by atoms with Gasteiger partial charge in [-0.3, -0.25) is 0 Å². The number of methoxy groups -OCH3 is 1. The van der Waals surface area contributed by atoms with E-state index in [2.05, 4.69) is 16.9 Å². The Labute approximate surface area is 189 Å². The van der Waals surface area contributed by atoms with Crippen molar-refractivity contribution in [2.75, 3.05) is 7.11 Å². The molecule has 0 radical (unpaired) electrons. The molecule has 0 aliphatic carbocycles. The average Bonchev–Trinajstić information content (AvgIpc) is 3.20. The molecule has 2 rings (SSSR count). The highest BCUT2D eigenvalue weighted by Gasteiger charge is 2.09. The molecule has 0 bridgehead atoms. The van der Waals surface area contributed by atoms with Gasteiger partial charge in [0.1, 0.15) is 5.82 Å². The van der Waals surface area contributed by atoms with Crippen molar-refractivity contribution in [1.82, 2.24) is 9.97 Å². The smallest absolute Gasteiger partial charge is 0.337 e. The molecule has 0 unspecified atom stereocenters. The van der Waals surface area contributed by atoms with Crippen molar-refractivity contribution in [2.24, 2.45) is 0 Å². The molecular weight excluding hydrogens is 384 g/mol. The van der Waals surface area contributed by atoms with Crippen LogP contribution in [0.3, 0.4) is 0 Å². The summed E-state index contributed by atoms with van der Waals surface area (Å²) in [5.74, 6) is 0.707. The molecule has 4 heteroatoms. The highest BCUT2D eigenvalue weighted by atomic mass is 16.5. The SMILES string of the molecule is CCCCCCCCCCCCCCCCCCc1nc2ccc(C(=O)OC)cc2[nH]1. The van der Waals surface area contributed by atoms with E-state index in [9.17, 15) is 4.79 Å². The molecule has 1 aromatic carbocycles. The summed E-state index contributed by atoms with van der Waals surface area (Å²) in [5.41, 5.74) is 2.39. The molecule has 4 nitrogen and oxygen atoms in total. The number of nitrogens with one attached hydrogen (secondary N) is 1. The van der Waals surface area contributed by atoms with Crippen molar-refractivity contribution in [3.8, 4) is 0 Å². The van der Waals surface area contributed by atoms with E-state index in [-0.39, 0.29) is 5.97 Å². The number of hydrogen-bond donors (Lipinski definition) is 1. The number of carbonyl (C=O) groups is 1. The second kappa shape index (κ2) is 15.9. The van der Waals surface area contributed by atoms with E-state index < -0.39 is 0 Å². The van der Waals surface area contributed by atoms with Gasteiger partial charge in [0.2, 0.25) is 0 Å². The van der Waals surface area contributed by atoms with E-state index in [4.69, 9.17) is 4.74 Å². The van der Waals surface area contributed by atoms with Crippen molar-refractivity contribution < 1.29 is 9.53 Å². The number of esters is 1. The molecule has 1 N–H and O–H groups in total. The third-order valence-electron chi connectivity index (χ3n) is 6.22. The summed E-state index contributed by atoms with van der Waals surface area (Å²) in [6.07, 6.45) is 23.2. The molecule has 0 aliphatic heterocycles. The predicted octanol–water partition coefficient (Wildman–Crippen LogP) is 8.15. The van der Waals surface area contributed by atoms with Crippen molar-refractivity contribution in [3.63, 3.8) is 0 Å². The quantitative estimate of drug-likeness (QED) is 0.192. The number of hydrogen-bond acceptors (Lipinski definition) is 3. The highest BCUT2D eigenvalue weighted by Crippen LogP contribution is 2.17. The number of aromatic nitrogens is 2. The molecule has 1 heterocycles. The van der Waals surface area contributed by atoms with Gasteiger partial charge in [0.15, 0.2) is 0 Å². The Bertz CT molecular complexity index is 738. The van der Waals surface area contributed by atoms with Crippen LogP contribution in [-0.2, 0) is 11.2 Å². The Hall–Kier alpha value is -1.84. The van der Waals surface area contributed by atoms with Gasteiger partial charge in [0.25, 0.3) is 0 Å². The van der Waals surface area contributed by atoms with Gasteiger partial charge in [0.05, 0.1) is 23.7 Å². The molecule has 174 valence electrons. The van der Waals surface area contributed by atoms with E-state index >= 15 is 0 Å². The van der Waals surface area contributed by atoms with Gasteiger partial charge >= 0.3 is 5.97 Å². The predicted molar refractivity (Wildman–Crippen MR) is 131 cm³/mol. The summed E-state index contributed by atoms with van der Waals surface area (Å²) in [6, 6.07) is 5.48. The van der Waals surface area contributed by atoms with Crippen LogP contribution >= 0.6 is 0 Å². The van der Waals surface area contributed by atoms with Gasteiger partial charge in [-0.2, -0.15) is 0 Å². The lowest BCUT2D eigenvalue weighted by atomic mass is 10.0.